The highest BCUT2D eigenvalue weighted by molar-refractivity contribution is 7.89. The van der Waals surface area contributed by atoms with Crippen molar-refractivity contribution >= 4 is 16.0 Å². The first-order chi connectivity index (χ1) is 8.10. The average Bonchev–Trinajstić information content (AvgIpc) is 2.62. The summed E-state index contributed by atoms with van der Waals surface area (Å²) in [6.45, 7) is 2.35. The van der Waals surface area contributed by atoms with Gasteiger partial charge in [0.15, 0.2) is 0 Å². The monoisotopic (exact) mass is 277 g/mol. The highest BCUT2D eigenvalue weighted by atomic mass is 32.2. The van der Waals surface area contributed by atoms with E-state index in [1.165, 1.54) is 13.8 Å². The molecule has 1 aromatic rings. The predicted octanol–water partition coefficient (Wildman–Crippen LogP) is -0.983. The molecule has 1 aromatic heterocycles. The predicted molar refractivity (Wildman–Crippen MR) is 61.3 cm³/mol. The molecule has 0 atom stereocenters. The Balaban J connectivity index is 2.79. The summed E-state index contributed by atoms with van der Waals surface area (Å²) in [5.74, 6) is -1.12. The van der Waals surface area contributed by atoms with E-state index in [1.54, 1.807) is 0 Å². The van der Waals surface area contributed by atoms with E-state index in [1.807, 2.05) is 0 Å². The van der Waals surface area contributed by atoms with Gasteiger partial charge in [-0.15, -0.1) is 0 Å². The third kappa shape index (κ3) is 4.43. The van der Waals surface area contributed by atoms with Crippen LogP contribution < -0.4 is 4.72 Å². The van der Waals surface area contributed by atoms with E-state index < -0.39 is 28.1 Å². The minimum atomic E-state index is -3.79. The molecule has 0 amide bonds. The average molecular weight is 277 g/mol. The Morgan fingerprint density at radius 2 is 2.17 bits per heavy atom. The molecule has 0 aliphatic rings. The molecule has 0 aromatic carbocycles. The van der Waals surface area contributed by atoms with E-state index in [0.29, 0.717) is 0 Å². The summed E-state index contributed by atoms with van der Waals surface area (Å²) >= 11 is 0. The molecule has 0 aliphatic heterocycles. The van der Waals surface area contributed by atoms with Gasteiger partial charge in [-0.3, -0.25) is 9.48 Å². The molecule has 102 valence electrons. The second kappa shape index (κ2) is 5.04. The molecular formula is C9H15N3O5S. The van der Waals surface area contributed by atoms with Crippen LogP contribution in [0.1, 0.15) is 13.8 Å². The van der Waals surface area contributed by atoms with Gasteiger partial charge in [0.2, 0.25) is 10.0 Å². The number of carbonyl (C=O) groups is 1. The van der Waals surface area contributed by atoms with Crippen molar-refractivity contribution in [2.75, 3.05) is 6.54 Å². The van der Waals surface area contributed by atoms with Crippen LogP contribution in [0.25, 0.3) is 0 Å². The van der Waals surface area contributed by atoms with Gasteiger partial charge in [-0.05, 0) is 13.8 Å². The van der Waals surface area contributed by atoms with Crippen LogP contribution in [-0.4, -0.2) is 46.5 Å². The molecule has 0 saturated heterocycles. The van der Waals surface area contributed by atoms with Crippen molar-refractivity contribution in [1.82, 2.24) is 14.5 Å². The molecule has 8 nitrogen and oxygen atoms in total. The van der Waals surface area contributed by atoms with Gasteiger partial charge in [-0.25, -0.2) is 13.1 Å². The van der Waals surface area contributed by atoms with Gasteiger partial charge >= 0.3 is 5.97 Å². The number of hydrogen-bond donors (Lipinski definition) is 3. The Hall–Kier alpha value is -1.45. The lowest BCUT2D eigenvalue weighted by Crippen LogP contribution is -2.38. The number of nitrogens with one attached hydrogen (secondary N) is 1. The molecule has 0 spiro atoms. The third-order valence-electron chi connectivity index (χ3n) is 1.91. The maximum Gasteiger partial charge on any atom is 0.325 e. The van der Waals surface area contributed by atoms with Crippen molar-refractivity contribution in [3.05, 3.63) is 12.4 Å². The number of aliphatic carboxylic acids is 1. The number of hydrogen-bond acceptors (Lipinski definition) is 5. The smallest absolute Gasteiger partial charge is 0.325 e. The van der Waals surface area contributed by atoms with E-state index >= 15 is 0 Å². The number of carboxylic acids is 1. The first kappa shape index (κ1) is 14.6. The summed E-state index contributed by atoms with van der Waals surface area (Å²) in [6, 6.07) is 0. The number of nitrogens with zero attached hydrogens (tertiary/aromatic N) is 2. The summed E-state index contributed by atoms with van der Waals surface area (Å²) < 4.78 is 26.7. The van der Waals surface area contributed by atoms with Gasteiger partial charge in [-0.2, -0.15) is 5.10 Å². The maximum absolute atomic E-state index is 11.8. The van der Waals surface area contributed by atoms with E-state index in [4.69, 9.17) is 5.11 Å². The van der Waals surface area contributed by atoms with Gasteiger partial charge in [0.1, 0.15) is 11.4 Å². The number of aromatic nitrogens is 2. The molecule has 0 fully saturated rings. The fourth-order valence-electron chi connectivity index (χ4n) is 1.06. The fraction of sp³-hybridized carbons (Fsp3) is 0.556. The second-order valence-electron chi connectivity index (χ2n) is 4.40. The minimum Gasteiger partial charge on any atom is -0.480 e. The van der Waals surface area contributed by atoms with Gasteiger partial charge in [0.25, 0.3) is 0 Å². The zero-order chi connectivity index (χ0) is 14.0. The van der Waals surface area contributed by atoms with Gasteiger partial charge < -0.3 is 10.2 Å². The molecule has 1 rings (SSSR count). The van der Waals surface area contributed by atoms with Crippen LogP contribution in [0.5, 0.6) is 0 Å². The van der Waals surface area contributed by atoms with Gasteiger partial charge in [0, 0.05) is 12.7 Å². The summed E-state index contributed by atoms with van der Waals surface area (Å²) in [6.07, 6.45) is 2.16. The zero-order valence-electron chi connectivity index (χ0n) is 9.99. The normalized spacial score (nSPS) is 12.6. The van der Waals surface area contributed by atoms with Crippen LogP contribution in [-0.2, 0) is 21.4 Å². The van der Waals surface area contributed by atoms with Gasteiger partial charge in [0.05, 0.1) is 11.8 Å². The molecule has 3 N–H and O–H groups in total. The molecular weight excluding hydrogens is 262 g/mol. The molecule has 0 radical (unpaired) electrons. The molecule has 0 unspecified atom stereocenters. The highest BCUT2D eigenvalue weighted by Gasteiger charge is 2.21. The van der Waals surface area contributed by atoms with E-state index in [2.05, 4.69) is 9.82 Å². The van der Waals surface area contributed by atoms with Crippen LogP contribution in [0.2, 0.25) is 0 Å². The van der Waals surface area contributed by atoms with Crippen molar-refractivity contribution in [2.45, 2.75) is 30.9 Å². The summed E-state index contributed by atoms with van der Waals surface area (Å²) in [4.78, 5) is 10.3. The largest absolute Gasteiger partial charge is 0.480 e. The lowest BCUT2D eigenvalue weighted by molar-refractivity contribution is -0.137. The van der Waals surface area contributed by atoms with Crippen molar-refractivity contribution < 1.29 is 23.4 Å². The zero-order valence-corrected chi connectivity index (χ0v) is 10.8. The van der Waals surface area contributed by atoms with Gasteiger partial charge in [-0.1, -0.05) is 0 Å². The Bertz CT molecular complexity index is 529. The van der Waals surface area contributed by atoms with Crippen LogP contribution in [0.3, 0.4) is 0 Å². The minimum absolute atomic E-state index is 0.145. The second-order valence-corrected chi connectivity index (χ2v) is 6.17. The third-order valence-corrected chi connectivity index (χ3v) is 3.27. The molecule has 18 heavy (non-hydrogen) atoms. The quantitative estimate of drug-likeness (QED) is 0.614. The number of sulfonamides is 1. The highest BCUT2D eigenvalue weighted by Crippen LogP contribution is 2.08. The molecule has 0 aliphatic carbocycles. The Labute approximate surface area is 104 Å². The first-order valence-corrected chi connectivity index (χ1v) is 6.55. The van der Waals surface area contributed by atoms with Crippen molar-refractivity contribution in [2.24, 2.45) is 0 Å². The Kier molecular flexibility index (Phi) is 4.09. The molecule has 9 heteroatoms. The lowest BCUT2D eigenvalue weighted by atomic mass is 10.1. The molecule has 0 saturated carbocycles. The standard InChI is InChI=1S/C9H15N3O5S/c1-9(2,15)6-11-18(16,17)7-3-10-12(4-7)5-8(13)14/h3-4,11,15H,5-6H2,1-2H3,(H,13,14). The Morgan fingerprint density at radius 1 is 1.56 bits per heavy atom. The number of rotatable bonds is 6. The lowest BCUT2D eigenvalue weighted by Gasteiger charge is -2.17. The number of aliphatic hydroxyl groups is 1. The number of carboxylic acid groups (broad SMARTS) is 1. The van der Waals surface area contributed by atoms with Crippen molar-refractivity contribution in [3.63, 3.8) is 0 Å². The van der Waals surface area contributed by atoms with E-state index in [0.717, 1.165) is 17.1 Å². The van der Waals surface area contributed by atoms with Crippen LogP contribution in [0.4, 0.5) is 0 Å². The summed E-state index contributed by atoms with van der Waals surface area (Å²) in [7, 11) is -3.79. The maximum atomic E-state index is 11.8. The van der Waals surface area contributed by atoms with E-state index in [9.17, 15) is 18.3 Å². The SMILES string of the molecule is CC(C)(O)CNS(=O)(=O)c1cnn(CC(=O)O)c1. The van der Waals surface area contributed by atoms with E-state index in [-0.39, 0.29) is 11.4 Å². The van der Waals surface area contributed by atoms with Crippen LogP contribution in [0.15, 0.2) is 17.3 Å². The van der Waals surface area contributed by atoms with Crippen LogP contribution in [0, 0.1) is 0 Å². The molecule has 0 bridgehead atoms. The first-order valence-electron chi connectivity index (χ1n) is 5.06. The van der Waals surface area contributed by atoms with Crippen molar-refractivity contribution in [3.8, 4) is 0 Å². The molecule has 1 heterocycles. The topological polar surface area (TPSA) is 122 Å². The van der Waals surface area contributed by atoms with Crippen LogP contribution >= 0.6 is 0 Å². The summed E-state index contributed by atoms with van der Waals surface area (Å²) in [5, 5.41) is 21.6. The summed E-state index contributed by atoms with van der Waals surface area (Å²) in [5.41, 5.74) is -1.18. The fourth-order valence-corrected chi connectivity index (χ4v) is 2.22. The van der Waals surface area contributed by atoms with Crippen molar-refractivity contribution in [1.29, 1.82) is 0 Å². The Morgan fingerprint density at radius 3 is 2.67 bits per heavy atom.